The zero-order chi connectivity index (χ0) is 17.1. The number of nitrogens with two attached hydrogens (primary N) is 1. The Morgan fingerprint density at radius 3 is 2.45 bits per heavy atom. The van der Waals surface area contributed by atoms with Crippen LogP contribution in [-0.2, 0) is 11.2 Å². The molecule has 0 aliphatic heterocycles. The van der Waals surface area contributed by atoms with Gasteiger partial charge in [0, 0.05) is 10.7 Å². The predicted molar refractivity (Wildman–Crippen MR) is 79.0 cm³/mol. The lowest BCUT2D eigenvalue weighted by atomic mass is 10.0. The van der Waals surface area contributed by atoms with Gasteiger partial charge in [-0.05, 0) is 44.9 Å². The van der Waals surface area contributed by atoms with Crippen molar-refractivity contribution in [2.75, 3.05) is 5.32 Å². The number of hydrogen-bond donors (Lipinski definition) is 2. The van der Waals surface area contributed by atoms with E-state index in [9.17, 15) is 18.0 Å². The number of ether oxygens (including phenoxy) is 1. The van der Waals surface area contributed by atoms with E-state index < -0.39 is 30.3 Å². The van der Waals surface area contributed by atoms with Crippen molar-refractivity contribution in [3.8, 4) is 0 Å². The molecule has 1 amide bonds. The molecule has 1 unspecified atom stereocenters. The average Bonchev–Trinajstić information content (AvgIpc) is 2.28. The Hall–Kier alpha value is -1.47. The van der Waals surface area contributed by atoms with Gasteiger partial charge in [-0.25, -0.2) is 4.79 Å². The number of carbonyl (C=O) groups is 1. The second-order valence-electron chi connectivity index (χ2n) is 5.78. The van der Waals surface area contributed by atoms with Crippen LogP contribution < -0.4 is 11.1 Å². The largest absolute Gasteiger partial charge is 0.444 e. The quantitative estimate of drug-likeness (QED) is 0.871. The maximum Gasteiger partial charge on any atom is 0.412 e. The van der Waals surface area contributed by atoms with Gasteiger partial charge < -0.3 is 10.5 Å². The van der Waals surface area contributed by atoms with Crippen LogP contribution in [-0.4, -0.2) is 23.9 Å². The first-order chi connectivity index (χ1) is 9.88. The summed E-state index contributed by atoms with van der Waals surface area (Å²) < 4.78 is 42.8. The van der Waals surface area contributed by atoms with E-state index in [2.05, 4.69) is 5.32 Å². The summed E-state index contributed by atoms with van der Waals surface area (Å²) in [6, 6.07) is 2.14. The lowest BCUT2D eigenvalue weighted by Gasteiger charge is -2.21. The Labute approximate surface area is 131 Å². The Bertz CT molecular complexity index is 542. The van der Waals surface area contributed by atoms with Crippen molar-refractivity contribution in [1.29, 1.82) is 0 Å². The van der Waals surface area contributed by atoms with Crippen LogP contribution in [0.1, 0.15) is 26.3 Å². The van der Waals surface area contributed by atoms with Crippen LogP contribution >= 0.6 is 11.6 Å². The highest BCUT2D eigenvalue weighted by molar-refractivity contribution is 6.31. The first-order valence-electron chi connectivity index (χ1n) is 6.49. The summed E-state index contributed by atoms with van der Waals surface area (Å²) in [5.41, 5.74) is 4.75. The zero-order valence-electron chi connectivity index (χ0n) is 12.4. The molecule has 124 valence electrons. The van der Waals surface area contributed by atoms with Gasteiger partial charge in [0.25, 0.3) is 0 Å². The molecular weight excluding hydrogens is 321 g/mol. The van der Waals surface area contributed by atoms with Gasteiger partial charge in [0.1, 0.15) is 11.6 Å². The van der Waals surface area contributed by atoms with Crippen molar-refractivity contribution in [1.82, 2.24) is 0 Å². The van der Waals surface area contributed by atoms with Crippen LogP contribution in [0.5, 0.6) is 0 Å². The fourth-order valence-corrected chi connectivity index (χ4v) is 1.78. The fourth-order valence-electron chi connectivity index (χ4n) is 1.61. The normalized spacial score (nSPS) is 13.6. The molecule has 1 rings (SSSR count). The van der Waals surface area contributed by atoms with E-state index in [1.165, 1.54) is 18.2 Å². The summed E-state index contributed by atoms with van der Waals surface area (Å²) >= 11 is 5.81. The molecule has 0 aromatic heterocycles. The second-order valence-corrected chi connectivity index (χ2v) is 6.22. The number of hydrogen-bond acceptors (Lipinski definition) is 3. The summed E-state index contributed by atoms with van der Waals surface area (Å²) in [7, 11) is 0. The van der Waals surface area contributed by atoms with Crippen LogP contribution in [0.15, 0.2) is 18.2 Å². The third-order valence-corrected chi connectivity index (χ3v) is 2.80. The molecule has 3 N–H and O–H groups in total. The summed E-state index contributed by atoms with van der Waals surface area (Å²) in [6.45, 7) is 5.01. The van der Waals surface area contributed by atoms with E-state index in [1.54, 1.807) is 20.8 Å². The van der Waals surface area contributed by atoms with Crippen LogP contribution in [0.4, 0.5) is 23.7 Å². The lowest BCUT2D eigenvalue weighted by Crippen LogP contribution is -2.39. The molecule has 1 atom stereocenters. The van der Waals surface area contributed by atoms with Gasteiger partial charge in [-0.3, -0.25) is 5.32 Å². The molecule has 0 heterocycles. The molecule has 0 aliphatic rings. The number of halogens is 4. The molecule has 0 radical (unpaired) electrons. The molecule has 0 spiro atoms. The molecule has 0 bridgehead atoms. The van der Waals surface area contributed by atoms with Crippen LogP contribution in [0.2, 0.25) is 5.02 Å². The molecule has 22 heavy (non-hydrogen) atoms. The van der Waals surface area contributed by atoms with Gasteiger partial charge >= 0.3 is 12.3 Å². The molecule has 0 aliphatic carbocycles. The molecule has 1 aromatic carbocycles. The van der Waals surface area contributed by atoms with E-state index in [4.69, 9.17) is 22.1 Å². The maximum atomic E-state index is 12.6. The summed E-state index contributed by atoms with van der Waals surface area (Å²) in [6.07, 6.45) is -5.79. The van der Waals surface area contributed by atoms with E-state index in [-0.39, 0.29) is 16.3 Å². The Balaban J connectivity index is 2.94. The van der Waals surface area contributed by atoms with Gasteiger partial charge in [0.2, 0.25) is 0 Å². The number of carbonyl (C=O) groups excluding carboxylic acids is 1. The van der Waals surface area contributed by atoms with Crippen molar-refractivity contribution in [3.63, 3.8) is 0 Å². The molecule has 0 fully saturated rings. The first-order valence-corrected chi connectivity index (χ1v) is 6.87. The zero-order valence-corrected chi connectivity index (χ0v) is 13.2. The molecule has 0 saturated carbocycles. The third kappa shape index (κ3) is 6.11. The smallest absolute Gasteiger partial charge is 0.412 e. The lowest BCUT2D eigenvalue weighted by molar-refractivity contribution is -0.147. The molecular formula is C14H18ClF3N2O2. The minimum Gasteiger partial charge on any atom is -0.444 e. The van der Waals surface area contributed by atoms with Crippen molar-refractivity contribution >= 4 is 23.4 Å². The highest BCUT2D eigenvalue weighted by Gasteiger charge is 2.37. The standard InChI is InChI=1S/C14H18ClF3N2O2/c1-13(2,3)22-12(21)20-10-7-9(15)5-4-8(10)6-11(19)14(16,17)18/h4-5,7,11H,6,19H2,1-3H3,(H,20,21). The number of rotatable bonds is 3. The van der Waals surface area contributed by atoms with Crippen molar-refractivity contribution < 1.29 is 22.7 Å². The van der Waals surface area contributed by atoms with Crippen molar-refractivity contribution in [2.45, 2.75) is 45.0 Å². The van der Waals surface area contributed by atoms with E-state index in [0.717, 1.165) is 0 Å². The maximum absolute atomic E-state index is 12.6. The average molecular weight is 339 g/mol. The summed E-state index contributed by atoms with van der Waals surface area (Å²) in [4.78, 5) is 11.7. The van der Waals surface area contributed by atoms with E-state index in [1.807, 2.05) is 0 Å². The van der Waals surface area contributed by atoms with Crippen LogP contribution in [0.3, 0.4) is 0 Å². The monoisotopic (exact) mass is 338 g/mol. The second kappa shape index (κ2) is 6.75. The number of nitrogens with one attached hydrogen (secondary N) is 1. The molecule has 8 heteroatoms. The van der Waals surface area contributed by atoms with Gasteiger partial charge in [-0.2, -0.15) is 13.2 Å². The SMILES string of the molecule is CC(C)(C)OC(=O)Nc1cc(Cl)ccc1CC(N)C(F)(F)F. The molecule has 4 nitrogen and oxygen atoms in total. The molecule has 0 saturated heterocycles. The van der Waals surface area contributed by atoms with E-state index >= 15 is 0 Å². The minimum atomic E-state index is -4.52. The Morgan fingerprint density at radius 2 is 1.95 bits per heavy atom. The van der Waals surface area contributed by atoms with Gasteiger partial charge in [-0.1, -0.05) is 17.7 Å². The van der Waals surface area contributed by atoms with Crippen molar-refractivity contribution in [3.05, 3.63) is 28.8 Å². The molecule has 1 aromatic rings. The predicted octanol–water partition coefficient (Wildman–Crippen LogP) is 4.12. The van der Waals surface area contributed by atoms with Gasteiger partial charge in [0.05, 0.1) is 0 Å². The van der Waals surface area contributed by atoms with Crippen LogP contribution in [0, 0.1) is 0 Å². The summed E-state index contributed by atoms with van der Waals surface area (Å²) in [5.74, 6) is 0. The third-order valence-electron chi connectivity index (χ3n) is 2.57. The fraction of sp³-hybridized carbons (Fsp3) is 0.500. The van der Waals surface area contributed by atoms with Crippen LogP contribution in [0.25, 0.3) is 0 Å². The Kier molecular flexibility index (Phi) is 5.70. The topological polar surface area (TPSA) is 64.3 Å². The van der Waals surface area contributed by atoms with E-state index in [0.29, 0.717) is 0 Å². The number of amides is 1. The highest BCUT2D eigenvalue weighted by atomic mass is 35.5. The van der Waals surface area contributed by atoms with Gasteiger partial charge in [0.15, 0.2) is 0 Å². The number of alkyl halides is 3. The number of anilines is 1. The summed E-state index contributed by atoms with van der Waals surface area (Å²) in [5, 5.41) is 2.67. The first kappa shape index (κ1) is 18.6. The minimum absolute atomic E-state index is 0.140. The number of benzene rings is 1. The van der Waals surface area contributed by atoms with Crippen molar-refractivity contribution in [2.24, 2.45) is 5.73 Å². The Morgan fingerprint density at radius 1 is 1.36 bits per heavy atom. The highest BCUT2D eigenvalue weighted by Crippen LogP contribution is 2.27. The van der Waals surface area contributed by atoms with Gasteiger partial charge in [-0.15, -0.1) is 0 Å².